The van der Waals surface area contributed by atoms with Crippen molar-refractivity contribution in [1.29, 1.82) is 0 Å². The maximum Gasteiger partial charge on any atom is 0.255 e. The summed E-state index contributed by atoms with van der Waals surface area (Å²) in [5.74, 6) is -3.01. The first-order valence-corrected chi connectivity index (χ1v) is 9.13. The quantitative estimate of drug-likeness (QED) is 0.344. The second-order valence-corrected chi connectivity index (χ2v) is 7.53. The van der Waals surface area contributed by atoms with Crippen LogP contribution in [0.2, 0.25) is 10.0 Å². The molecular formula is C20H17Cl2NO5. The van der Waals surface area contributed by atoms with Gasteiger partial charge in [0.2, 0.25) is 0 Å². The first kappa shape index (κ1) is 20.5. The molecule has 0 bridgehead atoms. The average molecular weight is 422 g/mol. The Morgan fingerprint density at radius 3 is 2.00 bits per heavy atom. The van der Waals surface area contributed by atoms with Crippen molar-refractivity contribution in [1.82, 2.24) is 0 Å². The molecule has 1 unspecified atom stereocenters. The SMILES string of the molecule is O=C(Nc1ccc(C(=O)C2(O)C=CC(O)(O)CC2)cc1)c1cc(Cl)cc(Cl)c1. The van der Waals surface area contributed by atoms with Crippen LogP contribution in [0, 0.1) is 0 Å². The van der Waals surface area contributed by atoms with E-state index in [1.54, 1.807) is 0 Å². The summed E-state index contributed by atoms with van der Waals surface area (Å²) >= 11 is 11.8. The average Bonchev–Trinajstić information content (AvgIpc) is 2.64. The van der Waals surface area contributed by atoms with E-state index >= 15 is 0 Å². The standard InChI is InChI=1S/C20H17Cl2NO5/c21-14-9-13(10-15(22)11-14)18(25)23-16-3-1-12(2-4-16)17(24)19(26)5-7-20(27,28)8-6-19/h1-5,7,9-11,26-28H,6,8H2,(H,23,25). The van der Waals surface area contributed by atoms with Crippen LogP contribution in [0.25, 0.3) is 0 Å². The number of benzene rings is 2. The first-order chi connectivity index (χ1) is 13.1. The van der Waals surface area contributed by atoms with Crippen molar-refractivity contribution in [2.45, 2.75) is 24.2 Å². The largest absolute Gasteiger partial charge is 0.378 e. The van der Waals surface area contributed by atoms with Gasteiger partial charge < -0.3 is 20.6 Å². The molecule has 2 aromatic rings. The third-order valence-electron chi connectivity index (χ3n) is 4.42. The summed E-state index contributed by atoms with van der Waals surface area (Å²) in [5.41, 5.74) is -0.860. The van der Waals surface area contributed by atoms with Crippen LogP contribution < -0.4 is 5.32 Å². The van der Waals surface area contributed by atoms with Gasteiger partial charge in [-0.05, 0) is 61.0 Å². The molecule has 1 atom stereocenters. The molecular weight excluding hydrogens is 405 g/mol. The fraction of sp³-hybridized carbons (Fsp3) is 0.200. The molecule has 0 saturated heterocycles. The Balaban J connectivity index is 1.73. The van der Waals surface area contributed by atoms with Crippen molar-refractivity contribution < 1.29 is 24.9 Å². The maximum absolute atomic E-state index is 12.6. The van der Waals surface area contributed by atoms with Crippen LogP contribution in [-0.2, 0) is 0 Å². The molecule has 4 N–H and O–H groups in total. The molecule has 1 aliphatic rings. The molecule has 0 spiro atoms. The van der Waals surface area contributed by atoms with Gasteiger partial charge in [0, 0.05) is 33.3 Å². The molecule has 6 nitrogen and oxygen atoms in total. The monoisotopic (exact) mass is 421 g/mol. The first-order valence-electron chi connectivity index (χ1n) is 8.38. The lowest BCUT2D eigenvalue weighted by Gasteiger charge is -2.31. The molecule has 8 heteroatoms. The number of amides is 1. The van der Waals surface area contributed by atoms with Crippen LogP contribution in [0.3, 0.4) is 0 Å². The van der Waals surface area contributed by atoms with Gasteiger partial charge in [0.05, 0.1) is 0 Å². The van der Waals surface area contributed by atoms with Gasteiger partial charge in [0.15, 0.2) is 11.6 Å². The fourth-order valence-electron chi connectivity index (χ4n) is 2.84. The summed E-state index contributed by atoms with van der Waals surface area (Å²) in [4.78, 5) is 24.9. The van der Waals surface area contributed by atoms with E-state index in [1.807, 2.05) is 0 Å². The van der Waals surface area contributed by atoms with Gasteiger partial charge in [-0.3, -0.25) is 9.59 Å². The Morgan fingerprint density at radius 2 is 1.46 bits per heavy atom. The third kappa shape index (κ3) is 4.60. The zero-order chi connectivity index (χ0) is 20.5. The third-order valence-corrected chi connectivity index (χ3v) is 4.86. The lowest BCUT2D eigenvalue weighted by Crippen LogP contribution is -2.43. The predicted octanol–water partition coefficient (Wildman–Crippen LogP) is 3.19. The molecule has 146 valence electrons. The Hall–Kier alpha value is -2.22. The molecule has 3 rings (SSSR count). The van der Waals surface area contributed by atoms with Crippen LogP contribution in [0.1, 0.15) is 33.6 Å². The van der Waals surface area contributed by atoms with E-state index in [0.717, 1.165) is 12.2 Å². The number of Topliss-reactive ketones (excluding diaryl/α,β-unsaturated/α-hetero) is 1. The van der Waals surface area contributed by atoms with Gasteiger partial charge >= 0.3 is 0 Å². The molecule has 0 heterocycles. The molecule has 28 heavy (non-hydrogen) atoms. The van der Waals surface area contributed by atoms with Crippen LogP contribution in [0.15, 0.2) is 54.6 Å². The molecule has 0 fully saturated rings. The second kappa shape index (κ2) is 7.66. The number of rotatable bonds is 4. The topological polar surface area (TPSA) is 107 Å². The van der Waals surface area contributed by atoms with Crippen molar-refractivity contribution in [3.8, 4) is 0 Å². The zero-order valence-corrected chi connectivity index (χ0v) is 16.0. The van der Waals surface area contributed by atoms with Crippen LogP contribution >= 0.6 is 23.2 Å². The van der Waals surface area contributed by atoms with Crippen LogP contribution in [0.5, 0.6) is 0 Å². The summed E-state index contributed by atoms with van der Waals surface area (Å²) in [6, 6.07) is 10.5. The Labute approximate surface area is 171 Å². The highest BCUT2D eigenvalue weighted by Crippen LogP contribution is 2.30. The number of carbonyl (C=O) groups is 2. The highest BCUT2D eigenvalue weighted by molar-refractivity contribution is 6.35. The van der Waals surface area contributed by atoms with Crippen LogP contribution in [-0.4, -0.2) is 38.4 Å². The number of ketones is 1. The lowest BCUT2D eigenvalue weighted by atomic mass is 9.82. The molecule has 0 radical (unpaired) electrons. The summed E-state index contributed by atoms with van der Waals surface area (Å²) in [6.07, 6.45) is 1.81. The number of hydrogen-bond donors (Lipinski definition) is 4. The number of anilines is 1. The molecule has 1 amide bonds. The van der Waals surface area contributed by atoms with Gasteiger partial charge in [-0.15, -0.1) is 0 Å². The van der Waals surface area contributed by atoms with Gasteiger partial charge in [-0.1, -0.05) is 23.2 Å². The van der Waals surface area contributed by atoms with Gasteiger partial charge in [0.1, 0.15) is 5.60 Å². The molecule has 2 aromatic carbocycles. The van der Waals surface area contributed by atoms with Crippen molar-refractivity contribution in [2.24, 2.45) is 0 Å². The van der Waals surface area contributed by atoms with E-state index in [0.29, 0.717) is 15.7 Å². The normalized spacial score (nSPS) is 20.6. The number of carbonyl (C=O) groups excluding carboxylic acids is 2. The minimum Gasteiger partial charge on any atom is -0.378 e. The van der Waals surface area contributed by atoms with E-state index in [4.69, 9.17) is 23.2 Å². The maximum atomic E-state index is 12.6. The van der Waals surface area contributed by atoms with E-state index in [9.17, 15) is 24.9 Å². The van der Waals surface area contributed by atoms with Crippen molar-refractivity contribution >= 4 is 40.6 Å². The van der Waals surface area contributed by atoms with Gasteiger partial charge in [-0.25, -0.2) is 0 Å². The Morgan fingerprint density at radius 1 is 0.857 bits per heavy atom. The van der Waals surface area contributed by atoms with E-state index in [2.05, 4.69) is 5.32 Å². The zero-order valence-electron chi connectivity index (χ0n) is 14.5. The highest BCUT2D eigenvalue weighted by atomic mass is 35.5. The van der Waals surface area contributed by atoms with Gasteiger partial charge in [0.25, 0.3) is 5.91 Å². The lowest BCUT2D eigenvalue weighted by molar-refractivity contribution is -0.136. The van der Waals surface area contributed by atoms with Crippen LogP contribution in [0.4, 0.5) is 5.69 Å². The number of halogens is 2. The summed E-state index contributed by atoms with van der Waals surface area (Å²) in [7, 11) is 0. The Bertz CT molecular complexity index is 935. The van der Waals surface area contributed by atoms with Crippen molar-refractivity contribution in [3.63, 3.8) is 0 Å². The predicted molar refractivity (Wildman–Crippen MR) is 106 cm³/mol. The molecule has 0 saturated carbocycles. The van der Waals surface area contributed by atoms with E-state index in [1.165, 1.54) is 42.5 Å². The van der Waals surface area contributed by atoms with Gasteiger partial charge in [-0.2, -0.15) is 0 Å². The van der Waals surface area contributed by atoms with E-state index in [-0.39, 0.29) is 24.0 Å². The highest BCUT2D eigenvalue weighted by Gasteiger charge is 2.40. The summed E-state index contributed by atoms with van der Waals surface area (Å²) < 4.78 is 0. The number of hydrogen-bond acceptors (Lipinski definition) is 5. The summed E-state index contributed by atoms with van der Waals surface area (Å²) in [6.45, 7) is 0. The molecule has 0 aromatic heterocycles. The van der Waals surface area contributed by atoms with Crippen molar-refractivity contribution in [2.75, 3.05) is 5.32 Å². The second-order valence-electron chi connectivity index (χ2n) is 6.65. The molecule has 1 aliphatic carbocycles. The smallest absolute Gasteiger partial charge is 0.255 e. The molecule has 0 aliphatic heterocycles. The Kier molecular flexibility index (Phi) is 5.61. The van der Waals surface area contributed by atoms with E-state index < -0.39 is 23.1 Å². The minimum atomic E-state index is -2.02. The summed E-state index contributed by atoms with van der Waals surface area (Å²) in [5, 5.41) is 32.8. The number of aliphatic hydroxyl groups is 3. The fourth-order valence-corrected chi connectivity index (χ4v) is 3.37. The van der Waals surface area contributed by atoms with Crippen molar-refractivity contribution in [3.05, 3.63) is 75.8 Å². The minimum absolute atomic E-state index is 0.122. The number of nitrogens with one attached hydrogen (secondary N) is 1.